The number of benzene rings is 1. The summed E-state index contributed by atoms with van der Waals surface area (Å²) in [5.41, 5.74) is 8.26. The molecule has 0 spiro atoms. The highest BCUT2D eigenvalue weighted by molar-refractivity contribution is 5.97. The summed E-state index contributed by atoms with van der Waals surface area (Å²) in [4.78, 5) is 12.1. The van der Waals surface area contributed by atoms with E-state index >= 15 is 0 Å². The lowest BCUT2D eigenvalue weighted by atomic mass is 9.94. The third-order valence-electron chi connectivity index (χ3n) is 3.50. The van der Waals surface area contributed by atoms with Crippen molar-refractivity contribution in [3.63, 3.8) is 0 Å². The topological polar surface area (TPSA) is 43.1 Å². The van der Waals surface area contributed by atoms with Crippen molar-refractivity contribution in [3.8, 4) is 0 Å². The van der Waals surface area contributed by atoms with Crippen molar-refractivity contribution in [2.75, 3.05) is 5.73 Å². The monoisotopic (exact) mass is 217 g/mol. The molecule has 2 rings (SSSR count). The van der Waals surface area contributed by atoms with Gasteiger partial charge in [-0.15, -0.1) is 0 Å². The van der Waals surface area contributed by atoms with Crippen molar-refractivity contribution in [3.05, 3.63) is 29.3 Å². The Bertz CT molecular complexity index is 392. The minimum Gasteiger partial charge on any atom is -0.399 e. The van der Waals surface area contributed by atoms with E-state index in [1.165, 1.54) is 25.7 Å². The lowest BCUT2D eigenvalue weighted by Crippen LogP contribution is -2.07. The number of ketones is 1. The van der Waals surface area contributed by atoms with E-state index in [0.29, 0.717) is 12.3 Å². The number of nitrogens with two attached hydrogens (primary N) is 1. The third kappa shape index (κ3) is 2.43. The highest BCUT2D eigenvalue weighted by Gasteiger charge is 2.19. The molecule has 2 heteroatoms. The van der Waals surface area contributed by atoms with Gasteiger partial charge in [-0.1, -0.05) is 25.7 Å². The Labute approximate surface area is 96.8 Å². The molecule has 0 amide bonds. The summed E-state index contributed by atoms with van der Waals surface area (Å²) in [7, 11) is 0. The SMILES string of the molecule is Cc1cc(N)ccc1C(=O)CC1CCCC1. The number of nitrogen functional groups attached to an aromatic ring is 1. The van der Waals surface area contributed by atoms with Crippen molar-refractivity contribution in [1.82, 2.24) is 0 Å². The molecule has 0 aromatic heterocycles. The van der Waals surface area contributed by atoms with Crippen molar-refractivity contribution in [2.45, 2.75) is 39.0 Å². The molecule has 0 saturated heterocycles. The molecule has 0 aliphatic heterocycles. The van der Waals surface area contributed by atoms with Crippen LogP contribution in [-0.4, -0.2) is 5.78 Å². The first-order valence-electron chi connectivity index (χ1n) is 6.06. The second kappa shape index (κ2) is 4.69. The molecule has 1 aromatic carbocycles. The van der Waals surface area contributed by atoms with Gasteiger partial charge in [-0.2, -0.15) is 0 Å². The van der Waals surface area contributed by atoms with Crippen LogP contribution in [0.4, 0.5) is 5.69 Å². The first-order valence-corrected chi connectivity index (χ1v) is 6.06. The number of hydrogen-bond donors (Lipinski definition) is 1. The molecule has 0 unspecified atom stereocenters. The normalized spacial score (nSPS) is 16.6. The molecular formula is C14H19NO. The van der Waals surface area contributed by atoms with E-state index in [0.717, 1.165) is 16.8 Å². The van der Waals surface area contributed by atoms with Crippen LogP contribution >= 0.6 is 0 Å². The van der Waals surface area contributed by atoms with Gasteiger partial charge in [0.15, 0.2) is 5.78 Å². The van der Waals surface area contributed by atoms with Gasteiger partial charge in [-0.3, -0.25) is 4.79 Å². The van der Waals surface area contributed by atoms with Crippen LogP contribution in [0.3, 0.4) is 0 Å². The Hall–Kier alpha value is -1.31. The van der Waals surface area contributed by atoms with Crippen molar-refractivity contribution >= 4 is 11.5 Å². The van der Waals surface area contributed by atoms with E-state index in [9.17, 15) is 4.79 Å². The van der Waals surface area contributed by atoms with E-state index < -0.39 is 0 Å². The zero-order valence-electron chi connectivity index (χ0n) is 9.83. The zero-order chi connectivity index (χ0) is 11.5. The molecule has 0 bridgehead atoms. The molecule has 1 aliphatic rings. The maximum Gasteiger partial charge on any atom is 0.163 e. The lowest BCUT2D eigenvalue weighted by Gasteiger charge is -2.10. The highest BCUT2D eigenvalue weighted by Crippen LogP contribution is 2.29. The van der Waals surface area contributed by atoms with Crippen LogP contribution in [0, 0.1) is 12.8 Å². The second-order valence-corrected chi connectivity index (χ2v) is 4.85. The molecule has 1 aliphatic carbocycles. The number of rotatable bonds is 3. The molecule has 16 heavy (non-hydrogen) atoms. The fourth-order valence-electron chi connectivity index (χ4n) is 2.59. The number of anilines is 1. The van der Waals surface area contributed by atoms with Gasteiger partial charge in [-0.25, -0.2) is 0 Å². The van der Waals surface area contributed by atoms with E-state index in [1.54, 1.807) is 0 Å². The Morgan fingerprint density at radius 3 is 2.69 bits per heavy atom. The lowest BCUT2D eigenvalue weighted by molar-refractivity contribution is 0.0961. The van der Waals surface area contributed by atoms with Crippen LogP contribution < -0.4 is 5.73 Å². The van der Waals surface area contributed by atoms with E-state index in [1.807, 2.05) is 25.1 Å². The van der Waals surface area contributed by atoms with Gasteiger partial charge in [0.25, 0.3) is 0 Å². The molecule has 2 N–H and O–H groups in total. The summed E-state index contributed by atoms with van der Waals surface area (Å²) in [6, 6.07) is 5.55. The largest absolute Gasteiger partial charge is 0.399 e. The maximum absolute atomic E-state index is 12.1. The fraction of sp³-hybridized carbons (Fsp3) is 0.500. The van der Waals surface area contributed by atoms with Gasteiger partial charge in [0.2, 0.25) is 0 Å². The first-order chi connectivity index (χ1) is 7.66. The van der Waals surface area contributed by atoms with Crippen LogP contribution in [0.5, 0.6) is 0 Å². The van der Waals surface area contributed by atoms with Crippen LogP contribution in [0.15, 0.2) is 18.2 Å². The minimum atomic E-state index is 0.282. The van der Waals surface area contributed by atoms with Crippen LogP contribution in [0.1, 0.15) is 48.0 Å². The summed E-state index contributed by atoms with van der Waals surface area (Å²) >= 11 is 0. The minimum absolute atomic E-state index is 0.282. The summed E-state index contributed by atoms with van der Waals surface area (Å²) < 4.78 is 0. The molecule has 1 aromatic rings. The number of carbonyl (C=O) groups is 1. The summed E-state index contributed by atoms with van der Waals surface area (Å²) in [5, 5.41) is 0. The van der Waals surface area contributed by atoms with Crippen LogP contribution in [0.25, 0.3) is 0 Å². The van der Waals surface area contributed by atoms with Gasteiger partial charge in [-0.05, 0) is 36.6 Å². The van der Waals surface area contributed by atoms with Crippen LogP contribution in [-0.2, 0) is 0 Å². The van der Waals surface area contributed by atoms with Crippen LogP contribution in [0.2, 0.25) is 0 Å². The standard InChI is InChI=1S/C14H19NO/c1-10-8-12(15)6-7-13(10)14(16)9-11-4-2-3-5-11/h6-8,11H,2-5,9,15H2,1H3. The predicted molar refractivity (Wildman–Crippen MR) is 66.5 cm³/mol. The molecule has 0 heterocycles. The predicted octanol–water partition coefficient (Wildman–Crippen LogP) is 3.34. The van der Waals surface area contributed by atoms with Gasteiger partial charge in [0.05, 0.1) is 0 Å². The summed E-state index contributed by atoms with van der Waals surface area (Å²) in [6.07, 6.45) is 5.74. The molecule has 2 nitrogen and oxygen atoms in total. The highest BCUT2D eigenvalue weighted by atomic mass is 16.1. The molecule has 0 atom stereocenters. The average molecular weight is 217 g/mol. The number of carbonyl (C=O) groups excluding carboxylic acids is 1. The quantitative estimate of drug-likeness (QED) is 0.623. The Balaban J connectivity index is 2.08. The number of Topliss-reactive ketones (excluding diaryl/α,β-unsaturated/α-hetero) is 1. The van der Waals surface area contributed by atoms with Gasteiger partial charge < -0.3 is 5.73 Å². The smallest absolute Gasteiger partial charge is 0.163 e. The second-order valence-electron chi connectivity index (χ2n) is 4.85. The Kier molecular flexibility index (Phi) is 3.28. The summed E-state index contributed by atoms with van der Waals surface area (Å²) in [5.74, 6) is 0.897. The molecule has 86 valence electrons. The summed E-state index contributed by atoms with van der Waals surface area (Å²) in [6.45, 7) is 1.96. The Morgan fingerprint density at radius 1 is 1.38 bits per heavy atom. The average Bonchev–Trinajstić information content (AvgIpc) is 2.70. The molecule has 1 saturated carbocycles. The number of hydrogen-bond acceptors (Lipinski definition) is 2. The molecular weight excluding hydrogens is 198 g/mol. The zero-order valence-corrected chi connectivity index (χ0v) is 9.83. The molecule has 0 radical (unpaired) electrons. The Morgan fingerprint density at radius 2 is 2.06 bits per heavy atom. The van der Waals surface area contributed by atoms with Gasteiger partial charge in [0, 0.05) is 17.7 Å². The maximum atomic E-state index is 12.1. The fourth-order valence-corrected chi connectivity index (χ4v) is 2.59. The van der Waals surface area contributed by atoms with Crippen molar-refractivity contribution < 1.29 is 4.79 Å². The van der Waals surface area contributed by atoms with Crippen molar-refractivity contribution in [1.29, 1.82) is 0 Å². The van der Waals surface area contributed by atoms with Crippen molar-refractivity contribution in [2.24, 2.45) is 5.92 Å². The first kappa shape index (κ1) is 11.2. The molecule has 1 fully saturated rings. The van der Waals surface area contributed by atoms with E-state index in [-0.39, 0.29) is 5.78 Å². The van der Waals surface area contributed by atoms with Gasteiger partial charge in [0.1, 0.15) is 0 Å². The van der Waals surface area contributed by atoms with E-state index in [2.05, 4.69) is 0 Å². The van der Waals surface area contributed by atoms with Gasteiger partial charge >= 0.3 is 0 Å². The number of aryl methyl sites for hydroxylation is 1. The third-order valence-corrected chi connectivity index (χ3v) is 3.50. The van der Waals surface area contributed by atoms with E-state index in [4.69, 9.17) is 5.73 Å².